The molecule has 4 N–H and O–H groups in total. The van der Waals surface area contributed by atoms with Crippen LogP contribution in [0, 0.1) is 10.1 Å². The Hall–Kier alpha value is -2.23. The molecule has 0 aliphatic heterocycles. The molecule has 0 aliphatic rings. The molecule has 2 rings (SSSR count). The number of non-ortho nitro benzene ring substituents is 1. The highest BCUT2D eigenvalue weighted by Crippen LogP contribution is 2.25. The number of nitrogens with two attached hydrogens (primary N) is 1. The van der Waals surface area contributed by atoms with Gasteiger partial charge in [-0.25, -0.2) is 0 Å². The first-order valence-electron chi connectivity index (χ1n) is 7.04. The van der Waals surface area contributed by atoms with Crippen LogP contribution >= 0.6 is 25.3 Å². The summed E-state index contributed by atoms with van der Waals surface area (Å²) >= 11 is 1.33. The molecule has 134 valence electrons. The number of nitrogen functional groups attached to an aromatic ring is 1. The van der Waals surface area contributed by atoms with Gasteiger partial charge in [0.15, 0.2) is 0 Å². The quantitative estimate of drug-likeness (QED) is 0.306. The Morgan fingerprint density at radius 1 is 1.24 bits per heavy atom. The van der Waals surface area contributed by atoms with E-state index in [-0.39, 0.29) is 24.9 Å². The third-order valence-corrected chi connectivity index (χ3v) is 4.54. The molecule has 0 radical (unpaired) electrons. The van der Waals surface area contributed by atoms with E-state index >= 15 is 0 Å². The van der Waals surface area contributed by atoms with Gasteiger partial charge in [-0.2, -0.15) is 13.5 Å². The lowest BCUT2D eigenvalue weighted by molar-refractivity contribution is -0.384. The van der Waals surface area contributed by atoms with Crippen molar-refractivity contribution in [2.24, 2.45) is 0 Å². The average molecular weight is 381 g/mol. The second kappa shape index (κ2) is 8.75. The molecule has 0 heterocycles. The Morgan fingerprint density at radius 2 is 1.80 bits per heavy atom. The molecule has 0 spiro atoms. The molecule has 0 aliphatic carbocycles. The molecule has 2 aromatic carbocycles. The Bertz CT molecular complexity index is 734. The van der Waals surface area contributed by atoms with E-state index in [1.165, 1.54) is 43.0 Å². The lowest BCUT2D eigenvalue weighted by atomic mass is 10.1. The van der Waals surface area contributed by atoms with Gasteiger partial charge in [0, 0.05) is 34.2 Å². The van der Waals surface area contributed by atoms with Crippen LogP contribution in [0.3, 0.4) is 0 Å². The minimum absolute atomic E-state index is 0. The SMILES string of the molecule is C[C@@](O)(CSc1ccc(N)cc1)C(=O)Nc1ccc([N+](=O)[O-])cc1.S. The summed E-state index contributed by atoms with van der Waals surface area (Å²) in [5.41, 5.74) is 4.95. The highest BCUT2D eigenvalue weighted by Gasteiger charge is 2.30. The summed E-state index contributed by atoms with van der Waals surface area (Å²) in [5.74, 6) is -0.435. The van der Waals surface area contributed by atoms with Gasteiger partial charge in [0.25, 0.3) is 11.6 Å². The van der Waals surface area contributed by atoms with E-state index < -0.39 is 16.4 Å². The molecule has 7 nitrogen and oxygen atoms in total. The number of nitrogens with one attached hydrogen (secondary N) is 1. The normalized spacial score (nSPS) is 12.6. The van der Waals surface area contributed by atoms with Gasteiger partial charge in [-0.05, 0) is 43.3 Å². The van der Waals surface area contributed by atoms with Crippen LogP contribution in [0.25, 0.3) is 0 Å². The minimum atomic E-state index is -1.60. The van der Waals surface area contributed by atoms with Crippen molar-refractivity contribution in [2.45, 2.75) is 17.4 Å². The molecule has 0 aromatic heterocycles. The number of thioether (sulfide) groups is 1. The first kappa shape index (κ1) is 20.8. The van der Waals surface area contributed by atoms with Gasteiger partial charge < -0.3 is 16.2 Å². The molecule has 0 saturated heterocycles. The fourth-order valence-corrected chi connectivity index (χ4v) is 2.69. The minimum Gasteiger partial charge on any atom is -0.399 e. The number of carbonyl (C=O) groups excluding carboxylic acids is 1. The predicted octanol–water partition coefficient (Wildman–Crippen LogP) is 2.77. The van der Waals surface area contributed by atoms with Gasteiger partial charge in [0.05, 0.1) is 4.92 Å². The molecular weight excluding hydrogens is 362 g/mol. The van der Waals surface area contributed by atoms with E-state index in [2.05, 4.69) is 5.32 Å². The number of carbonyl (C=O) groups is 1. The van der Waals surface area contributed by atoms with Gasteiger partial charge in [-0.1, -0.05) is 0 Å². The zero-order valence-corrected chi connectivity index (χ0v) is 15.2. The molecule has 25 heavy (non-hydrogen) atoms. The first-order valence-corrected chi connectivity index (χ1v) is 8.03. The fraction of sp³-hybridized carbons (Fsp3) is 0.188. The topological polar surface area (TPSA) is 118 Å². The zero-order chi connectivity index (χ0) is 17.7. The fourth-order valence-electron chi connectivity index (χ4n) is 1.79. The monoisotopic (exact) mass is 381 g/mol. The molecule has 1 atom stereocenters. The van der Waals surface area contributed by atoms with Gasteiger partial charge in [0.2, 0.25) is 0 Å². The predicted molar refractivity (Wildman–Crippen MR) is 104 cm³/mol. The third-order valence-electron chi connectivity index (χ3n) is 3.23. The van der Waals surface area contributed by atoms with Crippen LogP contribution in [0.15, 0.2) is 53.4 Å². The van der Waals surface area contributed by atoms with Crippen LogP contribution in [0.2, 0.25) is 0 Å². The summed E-state index contributed by atoms with van der Waals surface area (Å²) in [6, 6.07) is 12.5. The van der Waals surface area contributed by atoms with E-state index in [4.69, 9.17) is 5.73 Å². The van der Waals surface area contributed by atoms with Gasteiger partial charge in [-0.15, -0.1) is 11.8 Å². The Morgan fingerprint density at radius 3 is 2.32 bits per heavy atom. The molecule has 1 amide bonds. The van der Waals surface area contributed by atoms with E-state index in [1.54, 1.807) is 12.1 Å². The summed E-state index contributed by atoms with van der Waals surface area (Å²) in [6.45, 7) is 1.41. The van der Waals surface area contributed by atoms with E-state index in [0.29, 0.717) is 11.4 Å². The van der Waals surface area contributed by atoms with Crippen molar-refractivity contribution < 1.29 is 14.8 Å². The molecule has 0 fully saturated rings. The lowest BCUT2D eigenvalue weighted by Gasteiger charge is -2.22. The smallest absolute Gasteiger partial charge is 0.269 e. The zero-order valence-electron chi connectivity index (χ0n) is 13.4. The number of nitro groups is 1. The van der Waals surface area contributed by atoms with Crippen molar-refractivity contribution in [3.8, 4) is 0 Å². The maximum atomic E-state index is 12.2. The number of hydrogen-bond acceptors (Lipinski definition) is 6. The molecule has 2 aromatic rings. The first-order chi connectivity index (χ1) is 11.3. The third kappa shape index (κ3) is 5.96. The van der Waals surface area contributed by atoms with Crippen molar-refractivity contribution in [2.75, 3.05) is 16.8 Å². The molecule has 0 bridgehead atoms. The Labute approximate surface area is 156 Å². The number of nitrogens with zero attached hydrogens (tertiary/aromatic N) is 1. The summed E-state index contributed by atoms with van der Waals surface area (Å²) in [6.07, 6.45) is 0. The second-order valence-electron chi connectivity index (χ2n) is 5.39. The van der Waals surface area contributed by atoms with Crippen LogP contribution in [0.5, 0.6) is 0 Å². The number of benzene rings is 2. The Balaban J connectivity index is 0.00000312. The standard InChI is InChI=1S/C16H17N3O4S.H2S/c1-16(21,10-24-14-8-2-11(17)3-9-14)15(20)18-12-4-6-13(7-5-12)19(22)23;/h2-9,21H,10,17H2,1H3,(H,18,20);1H2/t16-;/m1./s1. The number of anilines is 2. The second-order valence-corrected chi connectivity index (χ2v) is 6.44. The maximum Gasteiger partial charge on any atom is 0.269 e. The van der Waals surface area contributed by atoms with Crippen molar-refractivity contribution >= 4 is 48.2 Å². The van der Waals surface area contributed by atoms with Gasteiger partial charge in [-0.3, -0.25) is 14.9 Å². The number of rotatable bonds is 6. The number of nitro benzene ring substituents is 1. The highest BCUT2D eigenvalue weighted by atomic mass is 32.2. The largest absolute Gasteiger partial charge is 0.399 e. The van der Waals surface area contributed by atoms with Crippen LogP contribution in [0.4, 0.5) is 17.1 Å². The molecule has 9 heteroatoms. The number of hydrogen-bond donors (Lipinski definition) is 3. The van der Waals surface area contributed by atoms with Crippen LogP contribution < -0.4 is 11.1 Å². The van der Waals surface area contributed by atoms with E-state index in [9.17, 15) is 20.0 Å². The highest BCUT2D eigenvalue weighted by molar-refractivity contribution is 7.99. The van der Waals surface area contributed by atoms with Crippen LogP contribution in [-0.2, 0) is 4.79 Å². The number of amides is 1. The van der Waals surface area contributed by atoms with Gasteiger partial charge in [0.1, 0.15) is 5.60 Å². The van der Waals surface area contributed by atoms with E-state index in [1.807, 2.05) is 12.1 Å². The van der Waals surface area contributed by atoms with Crippen molar-refractivity contribution in [1.29, 1.82) is 0 Å². The van der Waals surface area contributed by atoms with Crippen LogP contribution in [-0.4, -0.2) is 27.3 Å². The summed E-state index contributed by atoms with van der Waals surface area (Å²) in [7, 11) is 0. The average Bonchev–Trinajstić information content (AvgIpc) is 2.55. The van der Waals surface area contributed by atoms with Crippen LogP contribution in [0.1, 0.15) is 6.92 Å². The maximum absolute atomic E-state index is 12.2. The molecular formula is C16H19N3O4S2. The Kier molecular flexibility index (Phi) is 7.28. The van der Waals surface area contributed by atoms with E-state index in [0.717, 1.165) is 4.90 Å². The lowest BCUT2D eigenvalue weighted by Crippen LogP contribution is -2.42. The summed E-state index contributed by atoms with van der Waals surface area (Å²) in [4.78, 5) is 23.2. The van der Waals surface area contributed by atoms with Crippen molar-refractivity contribution in [1.82, 2.24) is 0 Å². The van der Waals surface area contributed by atoms with Crippen molar-refractivity contribution in [3.63, 3.8) is 0 Å². The van der Waals surface area contributed by atoms with Crippen molar-refractivity contribution in [3.05, 3.63) is 58.6 Å². The number of aliphatic hydroxyl groups is 1. The summed E-state index contributed by atoms with van der Waals surface area (Å²) in [5, 5.41) is 23.5. The molecule has 0 unspecified atom stereocenters. The molecule has 0 saturated carbocycles. The summed E-state index contributed by atoms with van der Waals surface area (Å²) < 4.78 is 0. The van der Waals surface area contributed by atoms with Gasteiger partial charge >= 0.3 is 0 Å².